The van der Waals surface area contributed by atoms with Crippen LogP contribution in [0.5, 0.6) is 0 Å². The van der Waals surface area contributed by atoms with Gasteiger partial charge >= 0.3 is 0 Å². The van der Waals surface area contributed by atoms with Gasteiger partial charge in [-0.05, 0) is 23.8 Å². The zero-order valence-corrected chi connectivity index (χ0v) is 15.4. The molecule has 0 bridgehead atoms. The van der Waals surface area contributed by atoms with Gasteiger partial charge < -0.3 is 9.90 Å². The van der Waals surface area contributed by atoms with Crippen molar-refractivity contribution in [3.05, 3.63) is 39.8 Å². The van der Waals surface area contributed by atoms with Gasteiger partial charge in [-0.25, -0.2) is 0 Å². The summed E-state index contributed by atoms with van der Waals surface area (Å²) in [6.07, 6.45) is 1.29. The molecule has 3 rings (SSSR count). The predicted molar refractivity (Wildman–Crippen MR) is 96.6 cm³/mol. The van der Waals surface area contributed by atoms with Crippen LogP contribution in [-0.2, 0) is 19.2 Å². The fourth-order valence-electron chi connectivity index (χ4n) is 2.62. The minimum Gasteiger partial charge on any atom is -0.548 e. The van der Waals surface area contributed by atoms with Crippen LogP contribution in [-0.4, -0.2) is 50.4 Å². The second-order valence-electron chi connectivity index (χ2n) is 5.51. The smallest absolute Gasteiger partial charge is 0.266 e. The monoisotopic (exact) mass is 409 g/mol. The molecule has 26 heavy (non-hydrogen) atoms. The molecule has 0 aliphatic carbocycles. The molecular weight excluding hydrogens is 400 g/mol. The van der Waals surface area contributed by atoms with Gasteiger partial charge in [0.15, 0.2) is 0 Å². The lowest BCUT2D eigenvalue weighted by Gasteiger charge is -2.21. The number of hydrogen-bond acceptors (Lipinski definition) is 7. The first kappa shape index (κ1) is 18.6. The van der Waals surface area contributed by atoms with E-state index in [4.69, 9.17) is 23.8 Å². The van der Waals surface area contributed by atoms with Crippen molar-refractivity contribution < 1.29 is 24.3 Å². The Kier molecular flexibility index (Phi) is 5.12. The van der Waals surface area contributed by atoms with Crippen molar-refractivity contribution in [2.45, 2.75) is 12.5 Å². The number of benzene rings is 1. The number of thiocarbonyl (C=S) groups is 1. The fourth-order valence-corrected chi connectivity index (χ4v) is 4.10. The van der Waals surface area contributed by atoms with E-state index in [-0.39, 0.29) is 10.7 Å². The van der Waals surface area contributed by atoms with Gasteiger partial charge in [-0.2, -0.15) is 0 Å². The van der Waals surface area contributed by atoms with E-state index in [9.17, 15) is 24.3 Å². The highest BCUT2D eigenvalue weighted by Gasteiger charge is 2.48. The number of thioether (sulfide) groups is 1. The third kappa shape index (κ3) is 3.50. The molecule has 134 valence electrons. The zero-order valence-electron chi connectivity index (χ0n) is 13.0. The molecular formula is C16H10ClN2O5S2-. The van der Waals surface area contributed by atoms with Crippen molar-refractivity contribution in [2.24, 2.45) is 0 Å². The molecule has 0 unspecified atom stereocenters. The second-order valence-corrected chi connectivity index (χ2v) is 7.63. The Morgan fingerprint density at radius 2 is 1.96 bits per heavy atom. The van der Waals surface area contributed by atoms with Crippen LogP contribution in [0, 0.1) is 0 Å². The summed E-state index contributed by atoms with van der Waals surface area (Å²) < 4.78 is 0.136. The van der Waals surface area contributed by atoms with Crippen molar-refractivity contribution in [3.63, 3.8) is 0 Å². The van der Waals surface area contributed by atoms with Gasteiger partial charge in [0.05, 0.1) is 23.8 Å². The van der Waals surface area contributed by atoms with Crippen LogP contribution in [0.4, 0.5) is 0 Å². The third-order valence-corrected chi connectivity index (χ3v) is 5.39. The van der Waals surface area contributed by atoms with Gasteiger partial charge in [0.1, 0.15) is 10.4 Å². The molecule has 0 aromatic heterocycles. The Labute approximate surface area is 162 Å². The molecule has 1 atom stereocenters. The highest BCUT2D eigenvalue weighted by atomic mass is 35.5. The summed E-state index contributed by atoms with van der Waals surface area (Å²) in [5.41, 5.74) is 0.724. The summed E-state index contributed by atoms with van der Waals surface area (Å²) in [4.78, 5) is 49.6. The molecule has 7 nitrogen and oxygen atoms in total. The molecule has 2 aliphatic heterocycles. The van der Waals surface area contributed by atoms with Crippen LogP contribution in [0.3, 0.4) is 0 Å². The van der Waals surface area contributed by atoms with Crippen molar-refractivity contribution in [1.29, 1.82) is 0 Å². The molecule has 3 amide bonds. The molecule has 0 spiro atoms. The summed E-state index contributed by atoms with van der Waals surface area (Å²) in [6.45, 7) is -0.844. The SMILES string of the molecule is O=C([O-])CN1C(=O)C[C@H](N2C(=O)/C(=C/c3ccc(Cl)cc3)SC2=S)C1=O. The van der Waals surface area contributed by atoms with Crippen molar-refractivity contribution >= 4 is 69.7 Å². The molecule has 1 aromatic rings. The third-order valence-electron chi connectivity index (χ3n) is 3.81. The minimum absolute atomic E-state index is 0.136. The number of aliphatic carboxylic acids is 1. The van der Waals surface area contributed by atoms with Gasteiger partial charge in [0, 0.05) is 5.02 Å². The van der Waals surface area contributed by atoms with Crippen molar-refractivity contribution in [3.8, 4) is 0 Å². The standard InChI is InChI=1S/C16H11ClN2O5S2/c17-9-3-1-8(2-4-9)5-11-15(24)19(16(25)26-11)10-6-12(20)18(14(10)23)7-13(21)22/h1-5,10H,6-7H2,(H,21,22)/p-1/b11-5-/t10-/m0/s1. The molecule has 10 heteroatoms. The van der Waals surface area contributed by atoms with Crippen LogP contribution < -0.4 is 5.11 Å². The number of carboxylic acids is 1. The first-order chi connectivity index (χ1) is 12.3. The average molecular weight is 410 g/mol. The molecule has 2 saturated heterocycles. The molecule has 0 N–H and O–H groups in total. The largest absolute Gasteiger partial charge is 0.548 e. The van der Waals surface area contributed by atoms with E-state index < -0.39 is 36.3 Å². The van der Waals surface area contributed by atoms with Gasteiger partial charge in [-0.3, -0.25) is 24.2 Å². The number of carbonyl (C=O) groups excluding carboxylic acids is 4. The highest BCUT2D eigenvalue weighted by molar-refractivity contribution is 8.26. The van der Waals surface area contributed by atoms with Gasteiger partial charge in [-0.15, -0.1) is 0 Å². The number of carbonyl (C=O) groups is 4. The van der Waals surface area contributed by atoms with E-state index >= 15 is 0 Å². The van der Waals surface area contributed by atoms with E-state index in [0.717, 1.165) is 22.2 Å². The van der Waals surface area contributed by atoms with E-state index in [1.54, 1.807) is 30.3 Å². The quantitative estimate of drug-likeness (QED) is 0.403. The van der Waals surface area contributed by atoms with E-state index in [0.29, 0.717) is 14.8 Å². The molecule has 2 heterocycles. The summed E-state index contributed by atoms with van der Waals surface area (Å²) in [6, 6.07) is 5.66. The Morgan fingerprint density at radius 1 is 1.31 bits per heavy atom. The minimum atomic E-state index is -1.56. The number of likely N-dealkylation sites (tertiary alicyclic amines) is 1. The molecule has 2 fully saturated rings. The normalized spacial score (nSPS) is 22.0. The Bertz CT molecular complexity index is 868. The van der Waals surface area contributed by atoms with E-state index in [1.165, 1.54) is 0 Å². The zero-order chi connectivity index (χ0) is 19.0. The summed E-state index contributed by atoms with van der Waals surface area (Å²) in [5.74, 6) is -3.51. The predicted octanol–water partition coefficient (Wildman–Crippen LogP) is 0.419. The highest BCUT2D eigenvalue weighted by Crippen LogP contribution is 2.36. The average Bonchev–Trinajstić information content (AvgIpc) is 2.99. The van der Waals surface area contributed by atoms with Crippen LogP contribution in [0.1, 0.15) is 12.0 Å². The van der Waals surface area contributed by atoms with Crippen LogP contribution in [0.25, 0.3) is 6.08 Å². The second kappa shape index (κ2) is 7.18. The maximum atomic E-state index is 12.7. The fraction of sp³-hybridized carbons (Fsp3) is 0.188. The number of rotatable bonds is 4. The molecule has 0 radical (unpaired) electrons. The lowest BCUT2D eigenvalue weighted by Crippen LogP contribution is -2.46. The van der Waals surface area contributed by atoms with Crippen LogP contribution in [0.2, 0.25) is 5.02 Å². The van der Waals surface area contributed by atoms with Gasteiger partial charge in [0.2, 0.25) is 5.91 Å². The molecule has 1 aromatic carbocycles. The van der Waals surface area contributed by atoms with Gasteiger partial charge in [-0.1, -0.05) is 47.7 Å². The Balaban J connectivity index is 1.83. The van der Waals surface area contributed by atoms with E-state index in [1.807, 2.05) is 0 Å². The number of hydrogen-bond donors (Lipinski definition) is 0. The molecule has 2 aliphatic rings. The lowest BCUT2D eigenvalue weighted by molar-refractivity contribution is -0.305. The summed E-state index contributed by atoms with van der Waals surface area (Å²) >= 11 is 12.0. The van der Waals surface area contributed by atoms with E-state index in [2.05, 4.69) is 0 Å². The maximum absolute atomic E-state index is 12.7. The number of imide groups is 1. The number of nitrogens with zero attached hydrogens (tertiary/aromatic N) is 2. The Morgan fingerprint density at radius 3 is 2.58 bits per heavy atom. The topological polar surface area (TPSA) is 97.8 Å². The van der Waals surface area contributed by atoms with Gasteiger partial charge in [0.25, 0.3) is 11.8 Å². The number of carboxylic acid groups (broad SMARTS) is 1. The van der Waals surface area contributed by atoms with Crippen molar-refractivity contribution in [2.75, 3.05) is 6.54 Å². The van der Waals surface area contributed by atoms with Crippen LogP contribution in [0.15, 0.2) is 29.2 Å². The Hall–Kier alpha value is -2.23. The number of halogens is 1. The summed E-state index contributed by atoms with van der Waals surface area (Å²) in [7, 11) is 0. The first-order valence-electron chi connectivity index (χ1n) is 7.34. The van der Waals surface area contributed by atoms with Crippen molar-refractivity contribution in [1.82, 2.24) is 9.80 Å². The summed E-state index contributed by atoms with van der Waals surface area (Å²) in [5, 5.41) is 11.2. The first-order valence-corrected chi connectivity index (χ1v) is 8.95. The lowest BCUT2D eigenvalue weighted by atomic mass is 10.2. The maximum Gasteiger partial charge on any atom is 0.266 e. The molecule has 0 saturated carbocycles. The number of amides is 3. The van der Waals surface area contributed by atoms with Crippen LogP contribution >= 0.6 is 35.6 Å².